The standard InChI is InChI=1S/C24H21N3/c25-19-10-4-16(5-11-19)22-2-1-3-23(17-6-12-20(26)13-7-17)24(22)18-8-14-21(27)15-9-18/h1-15H,25-27H2. The van der Waals surface area contributed by atoms with Crippen LogP contribution in [0.1, 0.15) is 0 Å². The van der Waals surface area contributed by atoms with Crippen molar-refractivity contribution in [2.45, 2.75) is 0 Å². The van der Waals surface area contributed by atoms with Crippen molar-refractivity contribution in [2.75, 3.05) is 17.2 Å². The first-order valence-corrected chi connectivity index (χ1v) is 8.82. The van der Waals surface area contributed by atoms with Crippen molar-refractivity contribution in [1.82, 2.24) is 0 Å². The van der Waals surface area contributed by atoms with E-state index in [2.05, 4.69) is 54.6 Å². The second-order valence-electron chi connectivity index (χ2n) is 6.59. The van der Waals surface area contributed by atoms with Crippen LogP contribution in [0.15, 0.2) is 91.0 Å². The molecule has 0 spiro atoms. The Morgan fingerprint density at radius 2 is 0.704 bits per heavy atom. The van der Waals surface area contributed by atoms with Crippen molar-refractivity contribution < 1.29 is 0 Å². The second-order valence-corrected chi connectivity index (χ2v) is 6.59. The zero-order chi connectivity index (χ0) is 18.8. The van der Waals surface area contributed by atoms with E-state index in [1.54, 1.807) is 0 Å². The fourth-order valence-electron chi connectivity index (χ4n) is 3.32. The van der Waals surface area contributed by atoms with Crippen molar-refractivity contribution in [2.24, 2.45) is 0 Å². The van der Waals surface area contributed by atoms with Crippen LogP contribution in [-0.4, -0.2) is 0 Å². The Morgan fingerprint density at radius 3 is 1.07 bits per heavy atom. The number of benzene rings is 4. The van der Waals surface area contributed by atoms with Gasteiger partial charge >= 0.3 is 0 Å². The van der Waals surface area contributed by atoms with Crippen molar-refractivity contribution in [1.29, 1.82) is 0 Å². The lowest BCUT2D eigenvalue weighted by molar-refractivity contribution is 1.55. The quantitative estimate of drug-likeness (QED) is 0.430. The van der Waals surface area contributed by atoms with Gasteiger partial charge in [0, 0.05) is 17.1 Å². The minimum atomic E-state index is 0.748. The molecule has 27 heavy (non-hydrogen) atoms. The highest BCUT2D eigenvalue weighted by molar-refractivity contribution is 5.95. The molecule has 0 aliphatic heterocycles. The second kappa shape index (κ2) is 6.89. The van der Waals surface area contributed by atoms with E-state index < -0.39 is 0 Å². The summed E-state index contributed by atoms with van der Waals surface area (Å²) in [4.78, 5) is 0. The largest absolute Gasteiger partial charge is 0.399 e. The molecule has 0 fully saturated rings. The minimum absolute atomic E-state index is 0.748. The van der Waals surface area contributed by atoms with Crippen LogP contribution in [0.25, 0.3) is 33.4 Å². The molecule has 4 rings (SSSR count). The summed E-state index contributed by atoms with van der Waals surface area (Å²) in [6, 6.07) is 30.3. The number of hydrogen-bond acceptors (Lipinski definition) is 3. The van der Waals surface area contributed by atoms with Crippen molar-refractivity contribution in [3.05, 3.63) is 91.0 Å². The topological polar surface area (TPSA) is 78.1 Å². The highest BCUT2D eigenvalue weighted by atomic mass is 14.5. The van der Waals surface area contributed by atoms with Gasteiger partial charge in [0.15, 0.2) is 0 Å². The predicted octanol–water partition coefficient (Wildman–Crippen LogP) is 5.43. The molecule has 4 aromatic rings. The molecule has 6 N–H and O–H groups in total. The SMILES string of the molecule is Nc1ccc(-c2cccc(-c3ccc(N)cc3)c2-c2ccc(N)cc2)cc1. The van der Waals surface area contributed by atoms with Crippen LogP contribution >= 0.6 is 0 Å². The molecule has 3 heteroatoms. The van der Waals surface area contributed by atoms with Crippen molar-refractivity contribution in [3.63, 3.8) is 0 Å². The Bertz CT molecular complexity index is 1000. The first-order valence-electron chi connectivity index (χ1n) is 8.82. The van der Waals surface area contributed by atoms with Gasteiger partial charge in [0.2, 0.25) is 0 Å². The van der Waals surface area contributed by atoms with Crippen LogP contribution in [0.2, 0.25) is 0 Å². The average molecular weight is 351 g/mol. The third-order valence-electron chi connectivity index (χ3n) is 4.71. The number of nitrogen functional groups attached to an aromatic ring is 3. The first kappa shape index (κ1) is 16.7. The van der Waals surface area contributed by atoms with Crippen molar-refractivity contribution >= 4 is 17.1 Å². The molecule has 0 aromatic heterocycles. The molecule has 0 radical (unpaired) electrons. The van der Waals surface area contributed by atoms with E-state index in [4.69, 9.17) is 17.2 Å². The molecule has 0 aliphatic rings. The van der Waals surface area contributed by atoms with Gasteiger partial charge in [0.25, 0.3) is 0 Å². The molecule has 0 saturated carbocycles. The fourth-order valence-corrected chi connectivity index (χ4v) is 3.32. The summed E-state index contributed by atoms with van der Waals surface area (Å²) in [5, 5.41) is 0. The first-order chi connectivity index (χ1) is 13.1. The lowest BCUT2D eigenvalue weighted by Gasteiger charge is -2.17. The van der Waals surface area contributed by atoms with E-state index in [1.165, 1.54) is 0 Å². The van der Waals surface area contributed by atoms with Gasteiger partial charge in [0.05, 0.1) is 0 Å². The number of rotatable bonds is 3. The molecular formula is C24H21N3. The molecule has 0 amide bonds. The third-order valence-corrected chi connectivity index (χ3v) is 4.71. The Morgan fingerprint density at radius 1 is 0.370 bits per heavy atom. The van der Waals surface area contributed by atoms with Crippen LogP contribution in [0, 0.1) is 0 Å². The van der Waals surface area contributed by atoms with Crippen LogP contribution in [-0.2, 0) is 0 Å². The van der Waals surface area contributed by atoms with Gasteiger partial charge in [-0.2, -0.15) is 0 Å². The smallest absolute Gasteiger partial charge is 0.0314 e. The molecule has 0 aliphatic carbocycles. The van der Waals surface area contributed by atoms with Crippen LogP contribution in [0.3, 0.4) is 0 Å². The molecule has 132 valence electrons. The molecule has 3 nitrogen and oxygen atoms in total. The molecule has 0 unspecified atom stereocenters. The third kappa shape index (κ3) is 3.35. The van der Waals surface area contributed by atoms with E-state index in [9.17, 15) is 0 Å². The Balaban J connectivity index is 1.99. The zero-order valence-electron chi connectivity index (χ0n) is 14.9. The summed E-state index contributed by atoms with van der Waals surface area (Å²) in [5.74, 6) is 0. The summed E-state index contributed by atoms with van der Waals surface area (Å²) >= 11 is 0. The van der Waals surface area contributed by atoms with E-state index in [0.717, 1.165) is 50.4 Å². The molecular weight excluding hydrogens is 330 g/mol. The lowest BCUT2D eigenvalue weighted by Crippen LogP contribution is -1.92. The molecule has 0 heterocycles. The van der Waals surface area contributed by atoms with Gasteiger partial charge in [-0.15, -0.1) is 0 Å². The molecule has 0 saturated heterocycles. The fraction of sp³-hybridized carbons (Fsp3) is 0. The van der Waals surface area contributed by atoms with Crippen molar-refractivity contribution in [3.8, 4) is 33.4 Å². The zero-order valence-corrected chi connectivity index (χ0v) is 14.9. The molecule has 0 bridgehead atoms. The Labute approximate surface area is 159 Å². The Kier molecular flexibility index (Phi) is 4.27. The highest BCUT2D eigenvalue weighted by Crippen LogP contribution is 2.40. The maximum absolute atomic E-state index is 5.91. The van der Waals surface area contributed by atoms with Gasteiger partial charge < -0.3 is 17.2 Å². The van der Waals surface area contributed by atoms with Gasteiger partial charge in [0.1, 0.15) is 0 Å². The van der Waals surface area contributed by atoms with E-state index in [-0.39, 0.29) is 0 Å². The minimum Gasteiger partial charge on any atom is -0.399 e. The summed E-state index contributed by atoms with van der Waals surface area (Å²) in [7, 11) is 0. The summed E-state index contributed by atoms with van der Waals surface area (Å²) in [5.41, 5.74) is 26.7. The predicted molar refractivity (Wildman–Crippen MR) is 116 cm³/mol. The number of hydrogen-bond donors (Lipinski definition) is 3. The maximum Gasteiger partial charge on any atom is 0.0314 e. The molecule has 4 aromatic carbocycles. The van der Waals surface area contributed by atoms with E-state index in [1.807, 2.05) is 36.4 Å². The monoisotopic (exact) mass is 351 g/mol. The van der Waals surface area contributed by atoms with Crippen LogP contribution in [0.5, 0.6) is 0 Å². The van der Waals surface area contributed by atoms with Gasteiger partial charge in [-0.3, -0.25) is 0 Å². The summed E-state index contributed by atoms with van der Waals surface area (Å²) in [6.07, 6.45) is 0. The van der Waals surface area contributed by atoms with E-state index in [0.29, 0.717) is 0 Å². The number of anilines is 3. The van der Waals surface area contributed by atoms with Gasteiger partial charge in [-0.1, -0.05) is 54.6 Å². The lowest BCUT2D eigenvalue weighted by atomic mass is 9.87. The van der Waals surface area contributed by atoms with Crippen LogP contribution in [0.4, 0.5) is 17.1 Å². The highest BCUT2D eigenvalue weighted by Gasteiger charge is 2.14. The molecule has 0 atom stereocenters. The maximum atomic E-state index is 5.91. The van der Waals surface area contributed by atoms with Crippen LogP contribution < -0.4 is 17.2 Å². The van der Waals surface area contributed by atoms with Gasteiger partial charge in [-0.05, 0) is 69.8 Å². The normalized spacial score (nSPS) is 10.7. The number of nitrogens with two attached hydrogens (primary N) is 3. The summed E-state index contributed by atoms with van der Waals surface area (Å²) < 4.78 is 0. The summed E-state index contributed by atoms with van der Waals surface area (Å²) in [6.45, 7) is 0. The average Bonchev–Trinajstić information content (AvgIpc) is 2.69. The Hall–Kier alpha value is -3.72. The van der Waals surface area contributed by atoms with Gasteiger partial charge in [-0.25, -0.2) is 0 Å². The van der Waals surface area contributed by atoms with E-state index >= 15 is 0 Å².